The monoisotopic (exact) mass is 245 g/mol. The van der Waals surface area contributed by atoms with E-state index in [1.165, 1.54) is 29.5 Å². The molecule has 0 amide bonds. The van der Waals surface area contributed by atoms with Crippen molar-refractivity contribution in [3.05, 3.63) is 28.8 Å². The first-order chi connectivity index (χ1) is 8.93. The highest BCUT2D eigenvalue weighted by Gasteiger charge is 2.35. The lowest BCUT2D eigenvalue weighted by molar-refractivity contribution is 0.0181. The summed E-state index contributed by atoms with van der Waals surface area (Å²) in [5.41, 5.74) is 4.14. The van der Waals surface area contributed by atoms with Crippen LogP contribution in [0.1, 0.15) is 35.6 Å². The van der Waals surface area contributed by atoms with Gasteiger partial charge in [-0.3, -0.25) is 0 Å². The molecular weight excluding hydrogens is 226 g/mol. The van der Waals surface area contributed by atoms with Crippen LogP contribution in [0, 0.1) is 0 Å². The van der Waals surface area contributed by atoms with Gasteiger partial charge in [0, 0.05) is 18.0 Å². The van der Waals surface area contributed by atoms with Crippen molar-refractivity contribution in [1.29, 1.82) is 0 Å². The largest absolute Gasteiger partial charge is 0.493 e. The van der Waals surface area contributed by atoms with Crippen molar-refractivity contribution in [3.8, 4) is 5.75 Å². The van der Waals surface area contributed by atoms with E-state index in [-0.39, 0.29) is 6.10 Å². The molecule has 1 saturated heterocycles. The molecule has 18 heavy (non-hydrogen) atoms. The summed E-state index contributed by atoms with van der Waals surface area (Å²) in [7, 11) is 0. The van der Waals surface area contributed by atoms with Crippen LogP contribution in [-0.4, -0.2) is 25.8 Å². The normalized spacial score (nSPS) is 29.8. The van der Waals surface area contributed by atoms with Crippen molar-refractivity contribution >= 4 is 0 Å². The second-order valence-electron chi connectivity index (χ2n) is 5.47. The van der Waals surface area contributed by atoms with Crippen LogP contribution in [-0.2, 0) is 17.6 Å². The fourth-order valence-corrected chi connectivity index (χ4v) is 3.51. The van der Waals surface area contributed by atoms with Crippen LogP contribution in [0.2, 0.25) is 0 Å². The van der Waals surface area contributed by atoms with Crippen LogP contribution in [0.5, 0.6) is 5.75 Å². The van der Waals surface area contributed by atoms with Crippen LogP contribution in [0.15, 0.2) is 12.1 Å². The van der Waals surface area contributed by atoms with Gasteiger partial charge in [-0.25, -0.2) is 0 Å². The zero-order valence-corrected chi connectivity index (χ0v) is 10.6. The summed E-state index contributed by atoms with van der Waals surface area (Å²) in [4.78, 5) is 0. The Kier molecular flexibility index (Phi) is 2.55. The fraction of sp³-hybridized carbons (Fsp3) is 0.600. The Bertz CT molecular complexity index is 466. The molecule has 1 fully saturated rings. The van der Waals surface area contributed by atoms with Crippen LogP contribution in [0.3, 0.4) is 0 Å². The number of nitrogens with one attached hydrogen (secondary N) is 1. The highest BCUT2D eigenvalue weighted by Crippen LogP contribution is 2.42. The molecular formula is C15H19NO2. The van der Waals surface area contributed by atoms with Crippen LogP contribution < -0.4 is 10.1 Å². The quantitative estimate of drug-likeness (QED) is 0.820. The first kappa shape index (κ1) is 10.8. The van der Waals surface area contributed by atoms with E-state index in [1.807, 2.05) is 0 Å². The minimum absolute atomic E-state index is 0.198. The Morgan fingerprint density at radius 2 is 2.00 bits per heavy atom. The van der Waals surface area contributed by atoms with E-state index < -0.39 is 0 Å². The van der Waals surface area contributed by atoms with Gasteiger partial charge < -0.3 is 14.8 Å². The summed E-state index contributed by atoms with van der Waals surface area (Å²) in [5.74, 6) is 1.13. The van der Waals surface area contributed by atoms with Crippen molar-refractivity contribution in [2.75, 3.05) is 19.8 Å². The predicted molar refractivity (Wildman–Crippen MR) is 69.1 cm³/mol. The van der Waals surface area contributed by atoms with Gasteiger partial charge in [-0.2, -0.15) is 0 Å². The van der Waals surface area contributed by atoms with Gasteiger partial charge in [0.2, 0.25) is 0 Å². The number of fused-ring (bicyclic) bond motifs is 3. The molecule has 0 aliphatic carbocycles. The van der Waals surface area contributed by atoms with Crippen molar-refractivity contribution in [1.82, 2.24) is 5.32 Å². The van der Waals surface area contributed by atoms with Gasteiger partial charge in [-0.05, 0) is 36.9 Å². The van der Waals surface area contributed by atoms with Crippen molar-refractivity contribution in [2.45, 2.75) is 37.8 Å². The number of hydrogen-bond acceptors (Lipinski definition) is 3. The molecule has 1 aromatic rings. The Hall–Kier alpha value is -1.06. The summed E-state index contributed by atoms with van der Waals surface area (Å²) >= 11 is 0. The Morgan fingerprint density at radius 1 is 1.11 bits per heavy atom. The number of benzene rings is 1. The first-order valence-corrected chi connectivity index (χ1v) is 7.06. The summed E-state index contributed by atoms with van der Waals surface area (Å²) in [5, 5.41) is 3.58. The predicted octanol–water partition coefficient (Wildman–Crippen LogP) is 1.99. The third kappa shape index (κ3) is 1.57. The van der Waals surface area contributed by atoms with E-state index in [4.69, 9.17) is 9.47 Å². The van der Waals surface area contributed by atoms with Gasteiger partial charge in [-0.1, -0.05) is 12.1 Å². The van der Waals surface area contributed by atoms with E-state index >= 15 is 0 Å². The molecule has 2 atom stereocenters. The van der Waals surface area contributed by atoms with Gasteiger partial charge >= 0.3 is 0 Å². The van der Waals surface area contributed by atoms with Gasteiger partial charge in [0.25, 0.3) is 0 Å². The number of hydrogen-bond donors (Lipinski definition) is 1. The second kappa shape index (κ2) is 4.25. The summed E-state index contributed by atoms with van der Waals surface area (Å²) in [6, 6.07) is 5.00. The Balaban J connectivity index is 1.79. The van der Waals surface area contributed by atoms with Crippen molar-refractivity contribution in [3.63, 3.8) is 0 Å². The molecule has 0 spiro atoms. The highest BCUT2D eigenvalue weighted by atomic mass is 16.5. The van der Waals surface area contributed by atoms with Crippen LogP contribution in [0.25, 0.3) is 0 Å². The molecule has 0 radical (unpaired) electrons. The zero-order chi connectivity index (χ0) is 11.9. The second-order valence-corrected chi connectivity index (χ2v) is 5.47. The molecule has 3 heteroatoms. The molecule has 0 bridgehead atoms. The minimum Gasteiger partial charge on any atom is -0.493 e. The first-order valence-electron chi connectivity index (χ1n) is 7.06. The Morgan fingerprint density at radius 3 is 2.89 bits per heavy atom. The molecule has 0 aromatic heterocycles. The molecule has 96 valence electrons. The molecule has 4 rings (SSSR count). The van der Waals surface area contributed by atoms with Gasteiger partial charge in [-0.15, -0.1) is 0 Å². The fourth-order valence-electron chi connectivity index (χ4n) is 3.51. The summed E-state index contributed by atoms with van der Waals surface area (Å²) in [6.07, 6.45) is 4.75. The zero-order valence-electron chi connectivity index (χ0n) is 10.6. The smallest absolute Gasteiger partial charge is 0.128 e. The SMILES string of the molecule is c1cc2c(c3c1CCO3)[C@H]([C@@H]1CCCN1)OCC2. The van der Waals surface area contributed by atoms with E-state index in [0.717, 1.165) is 38.3 Å². The molecule has 1 aromatic carbocycles. The van der Waals surface area contributed by atoms with Gasteiger partial charge in [0.05, 0.1) is 13.2 Å². The maximum atomic E-state index is 6.07. The minimum atomic E-state index is 0.198. The summed E-state index contributed by atoms with van der Waals surface area (Å²) in [6.45, 7) is 2.79. The lowest BCUT2D eigenvalue weighted by Crippen LogP contribution is -2.34. The van der Waals surface area contributed by atoms with Gasteiger partial charge in [0.1, 0.15) is 11.9 Å². The molecule has 3 aliphatic rings. The molecule has 3 aliphatic heterocycles. The topological polar surface area (TPSA) is 30.5 Å². The lowest BCUT2D eigenvalue weighted by Gasteiger charge is -2.31. The molecule has 1 N–H and O–H groups in total. The van der Waals surface area contributed by atoms with Crippen molar-refractivity contribution < 1.29 is 9.47 Å². The third-order valence-electron chi connectivity index (χ3n) is 4.40. The van der Waals surface area contributed by atoms with Crippen LogP contribution >= 0.6 is 0 Å². The molecule has 3 nitrogen and oxygen atoms in total. The average molecular weight is 245 g/mol. The maximum absolute atomic E-state index is 6.07. The van der Waals surface area contributed by atoms with Crippen LogP contribution in [0.4, 0.5) is 0 Å². The summed E-state index contributed by atoms with van der Waals surface area (Å²) < 4.78 is 12.0. The highest BCUT2D eigenvalue weighted by molar-refractivity contribution is 5.51. The van der Waals surface area contributed by atoms with Crippen molar-refractivity contribution in [2.24, 2.45) is 0 Å². The average Bonchev–Trinajstić information content (AvgIpc) is 3.09. The molecule has 3 heterocycles. The molecule has 0 saturated carbocycles. The lowest BCUT2D eigenvalue weighted by atomic mass is 9.90. The number of ether oxygens (including phenoxy) is 2. The van der Waals surface area contributed by atoms with E-state index in [9.17, 15) is 0 Å². The number of rotatable bonds is 1. The standard InChI is InChI=1S/C15H19NO2/c1-2-12(16-7-1)15-13-10(5-8-18-15)3-4-11-6-9-17-14(11)13/h3-4,12,15-16H,1-2,5-9H2/t12-,15-/m0/s1. The van der Waals surface area contributed by atoms with E-state index in [0.29, 0.717) is 6.04 Å². The maximum Gasteiger partial charge on any atom is 0.128 e. The van der Waals surface area contributed by atoms with Gasteiger partial charge in [0.15, 0.2) is 0 Å². The molecule has 0 unspecified atom stereocenters. The van der Waals surface area contributed by atoms with E-state index in [1.54, 1.807) is 0 Å². The third-order valence-corrected chi connectivity index (χ3v) is 4.40. The van der Waals surface area contributed by atoms with E-state index in [2.05, 4.69) is 17.4 Å². The Labute approximate surface area is 107 Å².